The highest BCUT2D eigenvalue weighted by Gasteiger charge is 2.41. The molecule has 8 heteroatoms. The number of rotatable bonds is 5. The first-order chi connectivity index (χ1) is 13.7. The topological polar surface area (TPSA) is 124 Å². The zero-order valence-electron chi connectivity index (χ0n) is 15.2. The van der Waals surface area contributed by atoms with Crippen LogP contribution in [0.15, 0.2) is 89.4 Å². The molecule has 0 bridgehead atoms. The van der Waals surface area contributed by atoms with Crippen molar-refractivity contribution in [3.8, 4) is 5.75 Å². The number of nitrogens with one attached hydrogen (secondary N) is 1. The maximum absolute atomic E-state index is 12.5. The van der Waals surface area contributed by atoms with E-state index >= 15 is 0 Å². The molecule has 29 heavy (non-hydrogen) atoms. The highest BCUT2D eigenvalue weighted by molar-refractivity contribution is 7.89. The fourth-order valence-electron chi connectivity index (χ4n) is 2.76. The van der Waals surface area contributed by atoms with Crippen LogP contribution in [0.1, 0.15) is 12.0 Å². The molecule has 1 atom stereocenters. The molecule has 7 nitrogen and oxygen atoms in total. The van der Waals surface area contributed by atoms with Crippen molar-refractivity contribution >= 4 is 21.6 Å². The molecule has 3 rings (SSSR count). The smallest absolute Gasteiger partial charge is 0.243 e. The van der Waals surface area contributed by atoms with Crippen molar-refractivity contribution in [2.75, 3.05) is 0 Å². The van der Waals surface area contributed by atoms with Crippen LogP contribution in [0.4, 0.5) is 0 Å². The second kappa shape index (κ2) is 8.04. The number of benzene rings is 2. The van der Waals surface area contributed by atoms with Crippen LogP contribution in [0.3, 0.4) is 0 Å². The van der Waals surface area contributed by atoms with E-state index in [1.165, 1.54) is 30.4 Å². The molecular weight excluding hydrogens is 394 g/mol. The molecule has 1 unspecified atom stereocenters. The van der Waals surface area contributed by atoms with Crippen LogP contribution in [0.25, 0.3) is 5.76 Å². The van der Waals surface area contributed by atoms with Crippen LogP contribution >= 0.6 is 0 Å². The third-order valence-corrected chi connectivity index (χ3v) is 5.79. The molecular formula is C21H19NO6S. The maximum atomic E-state index is 12.5. The van der Waals surface area contributed by atoms with Gasteiger partial charge in [-0.1, -0.05) is 42.5 Å². The number of sulfonamides is 1. The summed E-state index contributed by atoms with van der Waals surface area (Å²) in [4.78, 5) is 12.0. The van der Waals surface area contributed by atoms with E-state index in [1.54, 1.807) is 24.3 Å². The van der Waals surface area contributed by atoms with Gasteiger partial charge in [-0.25, -0.2) is 8.42 Å². The Morgan fingerprint density at radius 1 is 1.03 bits per heavy atom. The third kappa shape index (κ3) is 4.80. The first-order valence-electron chi connectivity index (χ1n) is 8.63. The summed E-state index contributed by atoms with van der Waals surface area (Å²) < 4.78 is 27.1. The fourth-order valence-corrected chi connectivity index (χ4v) is 3.99. The highest BCUT2D eigenvalue weighted by atomic mass is 32.2. The van der Waals surface area contributed by atoms with Gasteiger partial charge in [0.15, 0.2) is 5.72 Å². The summed E-state index contributed by atoms with van der Waals surface area (Å²) in [7, 11) is -4.22. The summed E-state index contributed by atoms with van der Waals surface area (Å²) in [5, 5.41) is 30.1. The largest absolute Gasteiger partial charge is 0.508 e. The number of phenolic OH excluding ortho intramolecular Hbond substituents is 1. The van der Waals surface area contributed by atoms with E-state index in [9.17, 15) is 28.5 Å². The number of allylic oxidation sites excluding steroid dienone is 3. The number of aliphatic hydroxyl groups is 2. The first-order valence-corrected chi connectivity index (χ1v) is 10.1. The summed E-state index contributed by atoms with van der Waals surface area (Å²) in [6, 6.07) is 13.5. The van der Waals surface area contributed by atoms with Crippen molar-refractivity contribution in [3.05, 3.63) is 90.0 Å². The number of carbonyl (C=O) groups is 1. The number of ketones is 1. The molecule has 0 radical (unpaired) electrons. The minimum atomic E-state index is -4.22. The Hall–Kier alpha value is -3.20. The lowest BCUT2D eigenvalue weighted by atomic mass is 9.92. The highest BCUT2D eigenvalue weighted by Crippen LogP contribution is 2.26. The molecule has 0 fully saturated rings. The second-order valence-corrected chi connectivity index (χ2v) is 8.18. The lowest BCUT2D eigenvalue weighted by Gasteiger charge is -2.29. The average Bonchev–Trinajstić information content (AvgIpc) is 2.69. The molecule has 0 aromatic heterocycles. The SMILES string of the molecule is O=C1C=CC(=CC=C(O)c2ccccc2)CC1(O)NS(=O)(=O)c1ccc(O)cc1. The summed E-state index contributed by atoms with van der Waals surface area (Å²) in [6.45, 7) is 0. The second-order valence-electron chi connectivity index (χ2n) is 6.49. The van der Waals surface area contributed by atoms with Gasteiger partial charge in [-0.15, -0.1) is 0 Å². The Morgan fingerprint density at radius 2 is 1.69 bits per heavy atom. The molecule has 4 N–H and O–H groups in total. The van der Waals surface area contributed by atoms with Gasteiger partial charge in [0.1, 0.15) is 11.5 Å². The Morgan fingerprint density at radius 3 is 2.34 bits per heavy atom. The van der Waals surface area contributed by atoms with Crippen LogP contribution in [0.2, 0.25) is 0 Å². The van der Waals surface area contributed by atoms with Gasteiger partial charge in [-0.3, -0.25) is 4.79 Å². The van der Waals surface area contributed by atoms with Gasteiger partial charge in [0.2, 0.25) is 15.8 Å². The Labute approximate surface area is 168 Å². The molecule has 0 spiro atoms. The molecule has 1 aliphatic rings. The van der Waals surface area contributed by atoms with Gasteiger partial charge in [0.25, 0.3) is 0 Å². The van der Waals surface area contributed by atoms with Crippen molar-refractivity contribution in [1.82, 2.24) is 4.72 Å². The van der Waals surface area contributed by atoms with Crippen LogP contribution in [-0.2, 0) is 14.8 Å². The minimum Gasteiger partial charge on any atom is -0.508 e. The molecule has 0 saturated heterocycles. The van der Waals surface area contributed by atoms with Gasteiger partial charge < -0.3 is 15.3 Å². The van der Waals surface area contributed by atoms with Crippen molar-refractivity contribution in [2.24, 2.45) is 0 Å². The molecule has 2 aromatic carbocycles. The summed E-state index contributed by atoms with van der Waals surface area (Å²) in [5.74, 6) is -0.945. The standard InChI is InChI=1S/C21H19NO6S/c23-17-8-10-18(11-9-17)29(27,28)22-21(26)14-15(7-13-20(21)25)6-12-19(24)16-4-2-1-3-5-16/h1-13,22-24,26H,14H2. The van der Waals surface area contributed by atoms with Gasteiger partial charge in [-0.2, -0.15) is 4.72 Å². The number of hydrogen-bond donors (Lipinski definition) is 4. The summed E-state index contributed by atoms with van der Waals surface area (Å²) in [5.41, 5.74) is -1.35. The molecule has 1 aliphatic carbocycles. The van der Waals surface area contributed by atoms with Crippen molar-refractivity contribution < 1.29 is 28.5 Å². The lowest BCUT2D eigenvalue weighted by molar-refractivity contribution is -0.133. The zero-order valence-corrected chi connectivity index (χ0v) is 16.0. The maximum Gasteiger partial charge on any atom is 0.243 e. The molecule has 0 amide bonds. The van der Waals surface area contributed by atoms with Gasteiger partial charge in [0, 0.05) is 12.0 Å². The quantitative estimate of drug-likeness (QED) is 0.441. The number of aromatic hydroxyl groups is 1. The van der Waals surface area contributed by atoms with Crippen LogP contribution in [-0.4, -0.2) is 35.2 Å². The van der Waals surface area contributed by atoms with Crippen molar-refractivity contribution in [3.63, 3.8) is 0 Å². The predicted molar refractivity (Wildman–Crippen MR) is 107 cm³/mol. The Bertz CT molecular complexity index is 1100. The van der Waals surface area contributed by atoms with E-state index in [0.717, 1.165) is 18.2 Å². The number of carbonyl (C=O) groups excluding carboxylic acids is 1. The van der Waals surface area contributed by atoms with Crippen molar-refractivity contribution in [2.45, 2.75) is 17.0 Å². The fraction of sp³-hybridized carbons (Fsp3) is 0.0952. The number of aliphatic hydroxyl groups excluding tert-OH is 1. The monoisotopic (exact) mass is 413 g/mol. The van der Waals surface area contributed by atoms with Gasteiger partial charge in [0.05, 0.1) is 4.90 Å². The van der Waals surface area contributed by atoms with Gasteiger partial charge in [-0.05, 0) is 42.0 Å². The molecule has 0 aliphatic heterocycles. The molecule has 150 valence electrons. The average molecular weight is 413 g/mol. The van der Waals surface area contributed by atoms with E-state index in [-0.39, 0.29) is 22.8 Å². The number of hydrogen-bond acceptors (Lipinski definition) is 6. The van der Waals surface area contributed by atoms with E-state index in [1.807, 2.05) is 10.8 Å². The minimum absolute atomic E-state index is 0.0170. The zero-order chi connectivity index (χ0) is 21.1. The Kier molecular flexibility index (Phi) is 5.69. The van der Waals surface area contributed by atoms with Crippen LogP contribution < -0.4 is 4.72 Å². The summed E-state index contributed by atoms with van der Waals surface area (Å²) >= 11 is 0. The Balaban J connectivity index is 1.84. The van der Waals surface area contributed by atoms with Crippen LogP contribution in [0.5, 0.6) is 5.75 Å². The van der Waals surface area contributed by atoms with Gasteiger partial charge >= 0.3 is 0 Å². The molecule has 2 aromatic rings. The van der Waals surface area contributed by atoms with Crippen molar-refractivity contribution in [1.29, 1.82) is 0 Å². The molecule has 0 saturated carbocycles. The van der Waals surface area contributed by atoms with E-state index < -0.39 is 21.5 Å². The van der Waals surface area contributed by atoms with E-state index in [4.69, 9.17) is 0 Å². The summed E-state index contributed by atoms with van der Waals surface area (Å²) in [6.07, 6.45) is 5.09. The van der Waals surface area contributed by atoms with E-state index in [2.05, 4.69) is 0 Å². The molecule has 0 heterocycles. The lowest BCUT2D eigenvalue weighted by Crippen LogP contribution is -2.55. The third-order valence-electron chi connectivity index (χ3n) is 4.29. The number of phenols is 1. The normalized spacial score (nSPS) is 21.5. The van der Waals surface area contributed by atoms with E-state index in [0.29, 0.717) is 11.1 Å². The van der Waals surface area contributed by atoms with Crippen LogP contribution in [0, 0.1) is 0 Å². The predicted octanol–water partition coefficient (Wildman–Crippen LogP) is 2.41. The first kappa shape index (κ1) is 20.5.